The minimum absolute atomic E-state index is 0.471. The second-order valence-electron chi connectivity index (χ2n) is 5.89. The van der Waals surface area contributed by atoms with Gasteiger partial charge < -0.3 is 24.9 Å². The van der Waals surface area contributed by atoms with E-state index in [4.69, 9.17) is 9.15 Å². The van der Waals surface area contributed by atoms with Crippen molar-refractivity contribution in [2.75, 3.05) is 26.2 Å². The first-order valence-corrected chi connectivity index (χ1v) is 9.15. The van der Waals surface area contributed by atoms with Crippen LogP contribution in [0.5, 0.6) is 0 Å². The van der Waals surface area contributed by atoms with E-state index in [1.807, 2.05) is 49.4 Å². The molecule has 0 aliphatic heterocycles. The summed E-state index contributed by atoms with van der Waals surface area (Å²) in [5.41, 5.74) is 0.935. The standard InChI is InChI=1S/C20H29N3O3/c1-2-21-20(22-12-7-14-25-16-18-10-6-15-26-18)23-13-11-19(24)17-8-4-3-5-9-17/h3-6,8-10,15,19,24H,2,7,11-14,16H2,1H3,(H2,21,22,23). The first kappa shape index (κ1) is 20.0. The van der Waals surface area contributed by atoms with Crippen molar-refractivity contribution in [2.45, 2.75) is 32.5 Å². The molecular formula is C20H29N3O3. The number of aliphatic hydroxyl groups is 1. The lowest BCUT2D eigenvalue weighted by Gasteiger charge is -2.14. The van der Waals surface area contributed by atoms with Gasteiger partial charge >= 0.3 is 0 Å². The molecule has 2 aromatic rings. The van der Waals surface area contributed by atoms with Crippen LogP contribution in [0.4, 0.5) is 0 Å². The number of ether oxygens (including phenoxy) is 1. The van der Waals surface area contributed by atoms with E-state index in [2.05, 4.69) is 15.6 Å². The maximum atomic E-state index is 10.2. The van der Waals surface area contributed by atoms with Gasteiger partial charge in [-0.3, -0.25) is 4.99 Å². The molecule has 1 aromatic heterocycles. The highest BCUT2D eigenvalue weighted by atomic mass is 16.5. The Labute approximate surface area is 155 Å². The maximum absolute atomic E-state index is 10.2. The average Bonchev–Trinajstić information content (AvgIpc) is 3.18. The summed E-state index contributed by atoms with van der Waals surface area (Å²) >= 11 is 0. The molecule has 2 rings (SSSR count). The van der Waals surface area contributed by atoms with Gasteiger partial charge in [-0.2, -0.15) is 0 Å². The summed E-state index contributed by atoms with van der Waals surface area (Å²) in [6.07, 6.45) is 2.64. The number of hydrogen-bond acceptors (Lipinski definition) is 4. The third-order valence-corrected chi connectivity index (χ3v) is 3.78. The van der Waals surface area contributed by atoms with E-state index in [9.17, 15) is 5.11 Å². The zero-order valence-electron chi connectivity index (χ0n) is 15.4. The molecule has 1 atom stereocenters. The molecule has 0 aliphatic carbocycles. The highest BCUT2D eigenvalue weighted by Crippen LogP contribution is 2.14. The minimum atomic E-state index is -0.471. The quantitative estimate of drug-likeness (QED) is 0.327. The zero-order chi connectivity index (χ0) is 18.5. The molecule has 3 N–H and O–H groups in total. The molecule has 1 unspecified atom stereocenters. The second kappa shape index (κ2) is 12.1. The predicted molar refractivity (Wildman–Crippen MR) is 103 cm³/mol. The molecular weight excluding hydrogens is 330 g/mol. The number of rotatable bonds is 11. The maximum Gasteiger partial charge on any atom is 0.191 e. The fourth-order valence-electron chi connectivity index (χ4n) is 2.44. The van der Waals surface area contributed by atoms with E-state index >= 15 is 0 Å². The van der Waals surface area contributed by atoms with Gasteiger partial charge in [0, 0.05) is 26.2 Å². The van der Waals surface area contributed by atoms with Crippen LogP contribution in [0.15, 0.2) is 58.1 Å². The van der Waals surface area contributed by atoms with Gasteiger partial charge in [0.05, 0.1) is 12.4 Å². The van der Waals surface area contributed by atoms with Crippen LogP contribution >= 0.6 is 0 Å². The molecule has 1 aromatic carbocycles. The molecule has 0 amide bonds. The number of guanidine groups is 1. The molecule has 0 radical (unpaired) electrons. The van der Waals surface area contributed by atoms with Crippen LogP contribution in [0.3, 0.4) is 0 Å². The lowest BCUT2D eigenvalue weighted by molar-refractivity contribution is 0.105. The predicted octanol–water partition coefficient (Wildman–Crippen LogP) is 2.87. The van der Waals surface area contributed by atoms with Gasteiger partial charge in [0.1, 0.15) is 12.4 Å². The normalized spacial score (nSPS) is 12.8. The van der Waals surface area contributed by atoms with E-state index in [-0.39, 0.29) is 0 Å². The summed E-state index contributed by atoms with van der Waals surface area (Å²) in [5, 5.41) is 16.7. The monoisotopic (exact) mass is 359 g/mol. The Morgan fingerprint density at radius 2 is 2.04 bits per heavy atom. The Kier molecular flexibility index (Phi) is 9.32. The Balaban J connectivity index is 1.62. The molecule has 0 spiro atoms. The smallest absolute Gasteiger partial charge is 0.191 e. The molecule has 0 fully saturated rings. The van der Waals surface area contributed by atoms with E-state index in [1.54, 1.807) is 6.26 Å². The van der Waals surface area contributed by atoms with Crippen LogP contribution < -0.4 is 10.6 Å². The fraction of sp³-hybridized carbons (Fsp3) is 0.450. The van der Waals surface area contributed by atoms with Crippen molar-refractivity contribution >= 4 is 5.96 Å². The molecule has 0 saturated heterocycles. The number of furan rings is 1. The molecule has 142 valence electrons. The van der Waals surface area contributed by atoms with Crippen LogP contribution in [-0.2, 0) is 11.3 Å². The Morgan fingerprint density at radius 3 is 2.77 bits per heavy atom. The summed E-state index contributed by atoms with van der Waals surface area (Å²) in [6.45, 7) is 5.28. The molecule has 0 aliphatic rings. The third kappa shape index (κ3) is 7.72. The van der Waals surface area contributed by atoms with Crippen LogP contribution in [0.25, 0.3) is 0 Å². The SMILES string of the molecule is CCNC(=NCCCOCc1ccco1)NCCC(O)c1ccccc1. The number of nitrogens with zero attached hydrogens (tertiary/aromatic N) is 1. The number of nitrogens with one attached hydrogen (secondary N) is 2. The third-order valence-electron chi connectivity index (χ3n) is 3.78. The van der Waals surface area contributed by atoms with Gasteiger partial charge in [-0.1, -0.05) is 30.3 Å². The molecule has 1 heterocycles. The highest BCUT2D eigenvalue weighted by Gasteiger charge is 2.06. The molecule has 0 saturated carbocycles. The zero-order valence-corrected chi connectivity index (χ0v) is 15.4. The average molecular weight is 359 g/mol. The lowest BCUT2D eigenvalue weighted by Crippen LogP contribution is -2.38. The van der Waals surface area contributed by atoms with Gasteiger partial charge in [-0.15, -0.1) is 0 Å². The fourth-order valence-corrected chi connectivity index (χ4v) is 2.44. The second-order valence-corrected chi connectivity index (χ2v) is 5.89. The largest absolute Gasteiger partial charge is 0.467 e. The summed E-state index contributed by atoms with van der Waals surface area (Å²) in [4.78, 5) is 4.53. The van der Waals surface area contributed by atoms with E-state index in [0.717, 1.165) is 30.2 Å². The summed E-state index contributed by atoms with van der Waals surface area (Å²) in [7, 11) is 0. The van der Waals surface area contributed by atoms with Gasteiger partial charge in [-0.25, -0.2) is 0 Å². The van der Waals surface area contributed by atoms with E-state index in [0.29, 0.717) is 32.7 Å². The number of benzene rings is 1. The van der Waals surface area contributed by atoms with Crippen molar-refractivity contribution in [1.82, 2.24) is 10.6 Å². The molecule has 6 heteroatoms. The van der Waals surface area contributed by atoms with Crippen molar-refractivity contribution < 1.29 is 14.3 Å². The van der Waals surface area contributed by atoms with Crippen molar-refractivity contribution in [2.24, 2.45) is 4.99 Å². The Hall–Kier alpha value is -2.31. The van der Waals surface area contributed by atoms with Crippen LogP contribution in [0.2, 0.25) is 0 Å². The highest BCUT2D eigenvalue weighted by molar-refractivity contribution is 5.79. The van der Waals surface area contributed by atoms with Crippen LogP contribution in [0, 0.1) is 0 Å². The first-order chi connectivity index (χ1) is 12.8. The summed E-state index contributed by atoms with van der Waals surface area (Å²) in [6, 6.07) is 13.4. The van der Waals surface area contributed by atoms with Crippen LogP contribution in [0.1, 0.15) is 37.2 Å². The lowest BCUT2D eigenvalue weighted by atomic mass is 10.1. The van der Waals surface area contributed by atoms with Gasteiger partial charge in [0.15, 0.2) is 5.96 Å². The summed E-state index contributed by atoms with van der Waals surface area (Å²) < 4.78 is 10.8. The number of aliphatic imine (C=N–C) groups is 1. The van der Waals surface area contributed by atoms with Gasteiger partial charge in [0.25, 0.3) is 0 Å². The van der Waals surface area contributed by atoms with Crippen molar-refractivity contribution in [3.63, 3.8) is 0 Å². The Morgan fingerprint density at radius 1 is 1.19 bits per heavy atom. The first-order valence-electron chi connectivity index (χ1n) is 9.15. The van der Waals surface area contributed by atoms with Crippen molar-refractivity contribution in [3.05, 3.63) is 60.1 Å². The van der Waals surface area contributed by atoms with E-state index < -0.39 is 6.10 Å². The topological polar surface area (TPSA) is 79.0 Å². The van der Waals surface area contributed by atoms with Gasteiger partial charge in [-0.05, 0) is 37.5 Å². The van der Waals surface area contributed by atoms with Crippen LogP contribution in [-0.4, -0.2) is 37.3 Å². The number of aliphatic hydroxyl groups excluding tert-OH is 1. The summed E-state index contributed by atoms with van der Waals surface area (Å²) in [5.74, 6) is 1.60. The molecule has 0 bridgehead atoms. The van der Waals surface area contributed by atoms with Crippen molar-refractivity contribution in [1.29, 1.82) is 0 Å². The molecule has 26 heavy (non-hydrogen) atoms. The van der Waals surface area contributed by atoms with Crippen molar-refractivity contribution in [3.8, 4) is 0 Å². The van der Waals surface area contributed by atoms with E-state index in [1.165, 1.54) is 0 Å². The number of hydrogen-bond donors (Lipinski definition) is 3. The Bertz CT molecular complexity index is 614. The van der Waals surface area contributed by atoms with Gasteiger partial charge in [0.2, 0.25) is 0 Å². The molecule has 6 nitrogen and oxygen atoms in total. The minimum Gasteiger partial charge on any atom is -0.467 e.